The quantitative estimate of drug-likeness (QED) is 0.444. The molecule has 1 fully saturated rings. The Bertz CT molecular complexity index is 1020. The zero-order valence-corrected chi connectivity index (χ0v) is 18.4. The number of hydrogen-bond acceptors (Lipinski definition) is 4. The predicted octanol–water partition coefficient (Wildman–Crippen LogP) is 1.80. The number of hydrogen-bond donors (Lipinski definition) is 3. The molecule has 2 aromatic rings. The molecule has 1 atom stereocenters. The molecule has 0 bridgehead atoms. The van der Waals surface area contributed by atoms with Crippen LogP contribution >= 0.6 is 0 Å². The number of benzene rings is 2. The summed E-state index contributed by atoms with van der Waals surface area (Å²) in [5.41, 5.74) is 13.1. The largest absolute Gasteiger partial charge is 0.370 e. The van der Waals surface area contributed by atoms with Gasteiger partial charge in [-0.1, -0.05) is 42.0 Å². The first-order valence-electron chi connectivity index (χ1n) is 10.3. The number of likely N-dealkylation sites (tertiary alicyclic amines) is 1. The molecule has 166 valence electrons. The van der Waals surface area contributed by atoms with Crippen LogP contribution in [-0.4, -0.2) is 38.3 Å². The third-order valence-electron chi connectivity index (χ3n) is 5.28. The zero-order valence-electron chi connectivity index (χ0n) is 17.6. The summed E-state index contributed by atoms with van der Waals surface area (Å²) < 4.78 is 28.7. The van der Waals surface area contributed by atoms with Crippen molar-refractivity contribution in [3.8, 4) is 0 Å². The molecule has 31 heavy (non-hydrogen) atoms. The second-order valence-electron chi connectivity index (χ2n) is 7.74. The highest BCUT2D eigenvalue weighted by atomic mass is 32.2. The number of aliphatic imine (C=N–C) groups is 1. The first kappa shape index (κ1) is 22.8. The molecule has 1 aliphatic heterocycles. The molecule has 0 saturated carbocycles. The summed E-state index contributed by atoms with van der Waals surface area (Å²) in [5, 5.41) is 0. The number of carbonyl (C=O) groups excluding carboxylic acids is 1. The Labute approximate surface area is 183 Å². The Morgan fingerprint density at radius 1 is 1.03 bits per heavy atom. The van der Waals surface area contributed by atoms with Gasteiger partial charge in [-0.3, -0.25) is 4.79 Å². The number of carbonyl (C=O) groups is 1. The van der Waals surface area contributed by atoms with Crippen LogP contribution in [0.2, 0.25) is 0 Å². The van der Waals surface area contributed by atoms with Gasteiger partial charge in [0.25, 0.3) is 0 Å². The van der Waals surface area contributed by atoms with Crippen LogP contribution in [-0.2, 0) is 21.4 Å². The van der Waals surface area contributed by atoms with E-state index in [0.29, 0.717) is 25.2 Å². The average Bonchev–Trinajstić information content (AvgIpc) is 2.77. The number of amides is 1. The molecule has 1 saturated heterocycles. The van der Waals surface area contributed by atoms with Crippen molar-refractivity contribution < 1.29 is 13.2 Å². The van der Waals surface area contributed by atoms with E-state index >= 15 is 0 Å². The zero-order chi connectivity index (χ0) is 22.4. The van der Waals surface area contributed by atoms with Gasteiger partial charge in [-0.15, -0.1) is 0 Å². The fourth-order valence-corrected chi connectivity index (χ4v) is 4.67. The van der Waals surface area contributed by atoms with Crippen molar-refractivity contribution in [3.63, 3.8) is 0 Å². The minimum Gasteiger partial charge on any atom is -0.370 e. The van der Waals surface area contributed by atoms with Crippen LogP contribution in [0, 0.1) is 6.92 Å². The van der Waals surface area contributed by atoms with Crippen molar-refractivity contribution in [3.05, 3.63) is 65.2 Å². The van der Waals surface area contributed by atoms with Crippen LogP contribution in [0.4, 0.5) is 0 Å². The fraction of sp³-hybridized carbons (Fsp3) is 0.364. The molecular formula is C22H29N5O3S. The Hall–Kier alpha value is -2.91. The SMILES string of the molecule is Cc1ccc(S(=O)(=O)NC(C(=O)N2CCCCC2)c2ccc(CN=C(N)N)cc2)cc1. The van der Waals surface area contributed by atoms with Gasteiger partial charge in [0.05, 0.1) is 11.4 Å². The van der Waals surface area contributed by atoms with Crippen LogP contribution in [0.1, 0.15) is 42.0 Å². The van der Waals surface area contributed by atoms with Crippen LogP contribution in [0.15, 0.2) is 58.4 Å². The number of nitrogens with one attached hydrogen (secondary N) is 1. The number of nitrogens with two attached hydrogens (primary N) is 2. The lowest BCUT2D eigenvalue weighted by molar-refractivity contribution is -0.134. The number of nitrogens with zero attached hydrogens (tertiary/aromatic N) is 2. The highest BCUT2D eigenvalue weighted by molar-refractivity contribution is 7.89. The standard InChI is InChI=1S/C22H29N5O3S/c1-16-5-11-19(12-6-16)31(29,30)26-20(21(28)27-13-3-2-4-14-27)18-9-7-17(8-10-18)15-25-22(23)24/h5-12,20,26H,2-4,13-15H2,1H3,(H4,23,24,25). The van der Waals surface area contributed by atoms with E-state index in [2.05, 4.69) is 9.71 Å². The molecule has 9 heteroatoms. The van der Waals surface area contributed by atoms with Crippen molar-refractivity contribution in [2.24, 2.45) is 16.5 Å². The summed E-state index contributed by atoms with van der Waals surface area (Å²) in [6.07, 6.45) is 2.91. The van der Waals surface area contributed by atoms with Crippen LogP contribution in [0.25, 0.3) is 0 Å². The molecule has 0 spiro atoms. The summed E-state index contributed by atoms with van der Waals surface area (Å²) in [5.74, 6) is -0.250. The number of guanidine groups is 1. The van der Waals surface area contributed by atoms with E-state index in [4.69, 9.17) is 11.5 Å². The topological polar surface area (TPSA) is 131 Å². The molecule has 1 aliphatic rings. The molecule has 1 unspecified atom stereocenters. The highest BCUT2D eigenvalue weighted by Crippen LogP contribution is 2.23. The number of sulfonamides is 1. The van der Waals surface area contributed by atoms with Crippen LogP contribution < -0.4 is 16.2 Å². The maximum atomic E-state index is 13.3. The third kappa shape index (κ3) is 6.05. The van der Waals surface area contributed by atoms with Crippen molar-refractivity contribution in [2.75, 3.05) is 13.1 Å². The first-order chi connectivity index (χ1) is 14.8. The number of aryl methyl sites for hydroxylation is 1. The van der Waals surface area contributed by atoms with Gasteiger partial charge in [-0.2, -0.15) is 4.72 Å². The van der Waals surface area contributed by atoms with Crippen molar-refractivity contribution in [1.29, 1.82) is 0 Å². The molecule has 8 nitrogen and oxygen atoms in total. The fourth-order valence-electron chi connectivity index (χ4n) is 3.50. The third-order valence-corrected chi connectivity index (χ3v) is 6.72. The van der Waals surface area contributed by atoms with E-state index in [1.54, 1.807) is 53.4 Å². The maximum absolute atomic E-state index is 13.3. The molecule has 0 aliphatic carbocycles. The smallest absolute Gasteiger partial charge is 0.245 e. The van der Waals surface area contributed by atoms with Gasteiger partial charge in [0.1, 0.15) is 6.04 Å². The van der Waals surface area contributed by atoms with Gasteiger partial charge in [0.2, 0.25) is 15.9 Å². The molecule has 1 amide bonds. The van der Waals surface area contributed by atoms with E-state index in [9.17, 15) is 13.2 Å². The van der Waals surface area contributed by atoms with E-state index in [1.165, 1.54) is 0 Å². The Morgan fingerprint density at radius 2 is 1.65 bits per heavy atom. The summed E-state index contributed by atoms with van der Waals surface area (Å²) in [6, 6.07) is 12.6. The summed E-state index contributed by atoms with van der Waals surface area (Å²) >= 11 is 0. The van der Waals surface area contributed by atoms with Gasteiger partial charge in [-0.05, 0) is 49.4 Å². The van der Waals surface area contributed by atoms with Gasteiger partial charge >= 0.3 is 0 Å². The Balaban J connectivity index is 1.90. The lowest BCUT2D eigenvalue weighted by Gasteiger charge is -2.31. The van der Waals surface area contributed by atoms with Crippen molar-refractivity contribution in [2.45, 2.75) is 43.7 Å². The molecule has 2 aromatic carbocycles. The lowest BCUT2D eigenvalue weighted by Crippen LogP contribution is -2.44. The predicted molar refractivity (Wildman–Crippen MR) is 121 cm³/mol. The Kier molecular flexibility index (Phi) is 7.29. The average molecular weight is 444 g/mol. The van der Waals surface area contributed by atoms with E-state index in [-0.39, 0.29) is 16.8 Å². The normalized spacial score (nSPS) is 15.3. The molecule has 0 radical (unpaired) electrons. The van der Waals surface area contributed by atoms with Gasteiger partial charge in [0, 0.05) is 13.1 Å². The summed E-state index contributed by atoms with van der Waals surface area (Å²) in [4.78, 5) is 19.1. The lowest BCUT2D eigenvalue weighted by atomic mass is 10.0. The van der Waals surface area contributed by atoms with Gasteiger partial charge < -0.3 is 16.4 Å². The molecule has 1 heterocycles. The minimum atomic E-state index is -3.89. The monoisotopic (exact) mass is 443 g/mol. The van der Waals surface area contributed by atoms with Gasteiger partial charge in [0.15, 0.2) is 5.96 Å². The van der Waals surface area contributed by atoms with Crippen molar-refractivity contribution >= 4 is 21.9 Å². The second kappa shape index (κ2) is 9.93. The first-order valence-corrected chi connectivity index (χ1v) is 11.8. The van der Waals surface area contributed by atoms with Crippen molar-refractivity contribution in [1.82, 2.24) is 9.62 Å². The van der Waals surface area contributed by atoms with E-state index < -0.39 is 16.1 Å². The number of rotatable bonds is 7. The Morgan fingerprint density at radius 3 is 2.23 bits per heavy atom. The molecule has 5 N–H and O–H groups in total. The van der Waals surface area contributed by atoms with Crippen LogP contribution in [0.5, 0.6) is 0 Å². The van der Waals surface area contributed by atoms with Gasteiger partial charge in [-0.25, -0.2) is 13.4 Å². The van der Waals surface area contributed by atoms with Crippen LogP contribution in [0.3, 0.4) is 0 Å². The second-order valence-corrected chi connectivity index (χ2v) is 9.45. The molecule has 3 rings (SSSR count). The number of piperidine rings is 1. The molecule has 0 aromatic heterocycles. The molecular weight excluding hydrogens is 414 g/mol. The minimum absolute atomic E-state index is 0.00640. The summed E-state index contributed by atoms with van der Waals surface area (Å²) in [6.45, 7) is 3.45. The van der Waals surface area contributed by atoms with E-state index in [0.717, 1.165) is 30.4 Å². The summed E-state index contributed by atoms with van der Waals surface area (Å²) in [7, 11) is -3.89. The van der Waals surface area contributed by atoms with E-state index in [1.807, 2.05) is 6.92 Å². The maximum Gasteiger partial charge on any atom is 0.245 e. The highest BCUT2D eigenvalue weighted by Gasteiger charge is 2.31.